The number of hydrogen-bond acceptors (Lipinski definition) is 3. The van der Waals surface area contributed by atoms with Gasteiger partial charge in [-0.3, -0.25) is 4.57 Å². The Hall–Kier alpha value is -1.39. The topological polar surface area (TPSA) is 56.7 Å². The monoisotopic (exact) mass is 250 g/mol. The second kappa shape index (κ2) is 5.29. The van der Waals surface area contributed by atoms with Crippen molar-refractivity contribution in [2.75, 3.05) is 0 Å². The van der Waals surface area contributed by atoms with Crippen LogP contribution in [0.25, 0.3) is 5.82 Å². The van der Waals surface area contributed by atoms with Crippen LogP contribution in [0.3, 0.4) is 0 Å². The zero-order chi connectivity index (χ0) is 12.3. The Morgan fingerprint density at radius 2 is 2.24 bits per heavy atom. The number of nitrogens with two attached hydrogens (primary N) is 1. The first-order chi connectivity index (χ1) is 8.26. The minimum Gasteiger partial charge on any atom is -0.325 e. The lowest BCUT2D eigenvalue weighted by Gasteiger charge is -2.08. The first kappa shape index (κ1) is 12.1. The van der Waals surface area contributed by atoms with Crippen LogP contribution in [-0.4, -0.2) is 14.5 Å². The summed E-state index contributed by atoms with van der Waals surface area (Å²) in [5.41, 5.74) is 6.31. The van der Waals surface area contributed by atoms with E-state index < -0.39 is 0 Å². The summed E-state index contributed by atoms with van der Waals surface area (Å²) in [5, 5.41) is 0.605. The van der Waals surface area contributed by atoms with Crippen LogP contribution in [0.5, 0.6) is 0 Å². The highest BCUT2D eigenvalue weighted by molar-refractivity contribution is 6.31. The fourth-order valence-corrected chi connectivity index (χ4v) is 1.88. The molecule has 2 heterocycles. The summed E-state index contributed by atoms with van der Waals surface area (Å²) in [5.74, 6) is 1.82. The molecule has 0 radical (unpaired) electrons. The molecule has 0 aromatic carbocycles. The van der Waals surface area contributed by atoms with E-state index in [1.807, 2.05) is 22.9 Å². The Morgan fingerprint density at radius 3 is 2.94 bits per heavy atom. The van der Waals surface area contributed by atoms with Crippen molar-refractivity contribution in [3.8, 4) is 5.82 Å². The molecule has 0 atom stereocenters. The van der Waals surface area contributed by atoms with Crippen molar-refractivity contribution in [3.63, 3.8) is 0 Å². The van der Waals surface area contributed by atoms with Gasteiger partial charge in [-0.05, 0) is 18.6 Å². The normalized spacial score (nSPS) is 10.8. The number of aryl methyl sites for hydroxylation is 1. The van der Waals surface area contributed by atoms with Crippen molar-refractivity contribution in [2.45, 2.75) is 26.3 Å². The van der Waals surface area contributed by atoms with Crippen LogP contribution in [0.4, 0.5) is 0 Å². The standard InChI is InChI=1S/C12H15ClN4/c1-2-3-11-15-6-7-17(11)12-5-4-9(13)10(8-14)16-12/h4-7H,2-3,8,14H2,1H3. The summed E-state index contributed by atoms with van der Waals surface area (Å²) in [6.45, 7) is 2.46. The van der Waals surface area contributed by atoms with Crippen LogP contribution >= 0.6 is 11.6 Å². The first-order valence-electron chi connectivity index (χ1n) is 5.64. The molecule has 0 bridgehead atoms. The van der Waals surface area contributed by atoms with Crippen LogP contribution in [0.1, 0.15) is 24.9 Å². The first-order valence-corrected chi connectivity index (χ1v) is 6.02. The highest BCUT2D eigenvalue weighted by atomic mass is 35.5. The van der Waals surface area contributed by atoms with Crippen molar-refractivity contribution in [2.24, 2.45) is 5.73 Å². The molecular weight excluding hydrogens is 236 g/mol. The summed E-state index contributed by atoms with van der Waals surface area (Å²) in [7, 11) is 0. The Morgan fingerprint density at radius 1 is 1.41 bits per heavy atom. The van der Waals surface area contributed by atoms with E-state index in [-0.39, 0.29) is 0 Å². The molecule has 0 unspecified atom stereocenters. The molecule has 4 nitrogen and oxygen atoms in total. The Bertz CT molecular complexity index is 507. The largest absolute Gasteiger partial charge is 0.325 e. The molecule has 5 heteroatoms. The smallest absolute Gasteiger partial charge is 0.138 e. The highest BCUT2D eigenvalue weighted by Gasteiger charge is 2.07. The molecule has 2 aromatic rings. The molecule has 2 N–H and O–H groups in total. The Kier molecular flexibility index (Phi) is 3.76. The lowest BCUT2D eigenvalue weighted by Crippen LogP contribution is -2.07. The van der Waals surface area contributed by atoms with Gasteiger partial charge in [-0.25, -0.2) is 9.97 Å². The number of pyridine rings is 1. The molecule has 0 amide bonds. The van der Waals surface area contributed by atoms with Gasteiger partial charge in [-0.15, -0.1) is 0 Å². The SMILES string of the molecule is CCCc1nccn1-c1ccc(Cl)c(CN)n1. The summed E-state index contributed by atoms with van der Waals surface area (Å²) in [4.78, 5) is 8.76. The molecule has 0 aliphatic heterocycles. The van der Waals surface area contributed by atoms with E-state index >= 15 is 0 Å². The van der Waals surface area contributed by atoms with Crippen LogP contribution in [-0.2, 0) is 13.0 Å². The highest BCUT2D eigenvalue weighted by Crippen LogP contribution is 2.17. The third kappa shape index (κ3) is 2.48. The van der Waals surface area contributed by atoms with E-state index in [2.05, 4.69) is 16.9 Å². The van der Waals surface area contributed by atoms with Crippen LogP contribution in [0, 0.1) is 0 Å². The quantitative estimate of drug-likeness (QED) is 0.906. The van der Waals surface area contributed by atoms with Crippen molar-refractivity contribution < 1.29 is 0 Å². The maximum atomic E-state index is 5.99. The van der Waals surface area contributed by atoms with Crippen LogP contribution in [0.2, 0.25) is 5.02 Å². The summed E-state index contributed by atoms with van der Waals surface area (Å²) in [6, 6.07) is 3.70. The van der Waals surface area contributed by atoms with Crippen molar-refractivity contribution in [1.29, 1.82) is 0 Å². The number of nitrogens with zero attached hydrogens (tertiary/aromatic N) is 3. The predicted octanol–water partition coefficient (Wildman–Crippen LogP) is 2.33. The van der Waals surface area contributed by atoms with E-state index in [9.17, 15) is 0 Å². The van der Waals surface area contributed by atoms with E-state index in [0.29, 0.717) is 17.3 Å². The molecule has 0 aliphatic rings. The minimum atomic E-state index is 0.338. The van der Waals surface area contributed by atoms with Crippen LogP contribution < -0.4 is 5.73 Å². The van der Waals surface area contributed by atoms with Crippen LogP contribution in [0.15, 0.2) is 24.5 Å². The average Bonchev–Trinajstić information content (AvgIpc) is 2.78. The second-order valence-corrected chi connectivity index (χ2v) is 4.17. The van der Waals surface area contributed by atoms with Gasteiger partial charge in [0.25, 0.3) is 0 Å². The Labute approximate surface area is 105 Å². The third-order valence-corrected chi connectivity index (χ3v) is 2.88. The molecule has 0 saturated heterocycles. The summed E-state index contributed by atoms with van der Waals surface area (Å²) >= 11 is 5.99. The van der Waals surface area contributed by atoms with Crippen molar-refractivity contribution in [1.82, 2.24) is 14.5 Å². The number of halogens is 1. The maximum Gasteiger partial charge on any atom is 0.138 e. The van der Waals surface area contributed by atoms with E-state index in [1.165, 1.54) is 0 Å². The number of hydrogen-bond donors (Lipinski definition) is 1. The summed E-state index contributed by atoms with van der Waals surface area (Å²) in [6.07, 6.45) is 5.66. The molecule has 0 spiro atoms. The molecule has 0 fully saturated rings. The number of rotatable bonds is 4. The van der Waals surface area contributed by atoms with Crippen molar-refractivity contribution in [3.05, 3.63) is 41.1 Å². The van der Waals surface area contributed by atoms with Gasteiger partial charge in [-0.1, -0.05) is 18.5 Å². The lowest BCUT2D eigenvalue weighted by atomic mass is 10.3. The average molecular weight is 251 g/mol. The zero-order valence-electron chi connectivity index (χ0n) is 9.73. The lowest BCUT2D eigenvalue weighted by molar-refractivity contribution is 0.793. The summed E-state index contributed by atoms with van der Waals surface area (Å²) < 4.78 is 1.97. The van der Waals surface area contributed by atoms with Gasteiger partial charge in [-0.2, -0.15) is 0 Å². The maximum absolute atomic E-state index is 5.99. The molecule has 90 valence electrons. The molecule has 2 rings (SSSR count). The molecule has 0 saturated carbocycles. The minimum absolute atomic E-state index is 0.338. The van der Waals surface area contributed by atoms with Crippen molar-refractivity contribution >= 4 is 11.6 Å². The predicted molar refractivity (Wildman–Crippen MR) is 68.3 cm³/mol. The molecule has 17 heavy (non-hydrogen) atoms. The van der Waals surface area contributed by atoms with Gasteiger partial charge in [0, 0.05) is 25.4 Å². The fraction of sp³-hybridized carbons (Fsp3) is 0.333. The number of imidazole rings is 1. The van der Waals surface area contributed by atoms with Gasteiger partial charge >= 0.3 is 0 Å². The number of aromatic nitrogens is 3. The molecular formula is C12H15ClN4. The fourth-order valence-electron chi connectivity index (χ4n) is 1.70. The van der Waals surface area contributed by atoms with Gasteiger partial charge in [0.05, 0.1) is 10.7 Å². The zero-order valence-corrected chi connectivity index (χ0v) is 10.5. The molecule has 0 aliphatic carbocycles. The van der Waals surface area contributed by atoms with Gasteiger partial charge < -0.3 is 5.73 Å². The Balaban J connectivity index is 2.42. The second-order valence-electron chi connectivity index (χ2n) is 3.77. The van der Waals surface area contributed by atoms with Gasteiger partial charge in [0.2, 0.25) is 0 Å². The van der Waals surface area contributed by atoms with E-state index in [1.54, 1.807) is 6.20 Å². The van der Waals surface area contributed by atoms with E-state index in [4.69, 9.17) is 17.3 Å². The van der Waals surface area contributed by atoms with Gasteiger partial charge in [0.15, 0.2) is 0 Å². The third-order valence-electron chi connectivity index (χ3n) is 2.54. The van der Waals surface area contributed by atoms with Gasteiger partial charge in [0.1, 0.15) is 11.6 Å². The van der Waals surface area contributed by atoms with E-state index in [0.717, 1.165) is 24.5 Å². The molecule has 2 aromatic heterocycles.